The Morgan fingerprint density at radius 3 is 2.24 bits per heavy atom. The molecule has 3 aromatic rings. The largest absolute Gasteiger partial charge is 0.497 e. The van der Waals surface area contributed by atoms with Crippen molar-refractivity contribution in [3.8, 4) is 16.9 Å². The molecule has 0 saturated carbocycles. The normalized spacial score (nSPS) is 10.4. The highest BCUT2D eigenvalue weighted by atomic mass is 35.5. The van der Waals surface area contributed by atoms with Crippen molar-refractivity contribution in [1.29, 1.82) is 0 Å². The van der Waals surface area contributed by atoms with Gasteiger partial charge in [0.1, 0.15) is 19.0 Å². The van der Waals surface area contributed by atoms with Gasteiger partial charge in [-0.3, -0.25) is 9.59 Å². The maximum absolute atomic E-state index is 12.4. The topological polar surface area (TPSA) is 114 Å². The van der Waals surface area contributed by atoms with Crippen molar-refractivity contribution >= 4 is 40.8 Å². The molecule has 0 fully saturated rings. The molecule has 34 heavy (non-hydrogen) atoms. The summed E-state index contributed by atoms with van der Waals surface area (Å²) < 4.78 is 10.5. The third-order valence-electron chi connectivity index (χ3n) is 4.87. The number of anilines is 2. The Balaban J connectivity index is 1.56. The first-order chi connectivity index (χ1) is 16.3. The van der Waals surface area contributed by atoms with Gasteiger partial charge in [0.15, 0.2) is 0 Å². The molecule has 2 amide bonds. The fourth-order valence-corrected chi connectivity index (χ4v) is 3.32. The van der Waals surface area contributed by atoms with Gasteiger partial charge < -0.3 is 25.2 Å². The van der Waals surface area contributed by atoms with E-state index in [0.29, 0.717) is 5.69 Å². The van der Waals surface area contributed by atoms with Gasteiger partial charge in [0, 0.05) is 10.7 Å². The van der Waals surface area contributed by atoms with E-state index in [1.54, 1.807) is 7.11 Å². The number of methoxy groups -OCH3 is 1. The van der Waals surface area contributed by atoms with E-state index in [9.17, 15) is 19.5 Å². The van der Waals surface area contributed by atoms with E-state index in [4.69, 9.17) is 21.1 Å². The quantitative estimate of drug-likeness (QED) is 0.410. The predicted octanol–water partition coefficient (Wildman–Crippen LogP) is 4.62. The van der Waals surface area contributed by atoms with E-state index in [1.807, 2.05) is 49.4 Å². The standard InChI is InChI=1S/C25H23ClN2O6/c1-15-6-7-17(16-4-3-5-19(10-16)33-2)11-22(15)28-24(30)14-34-13-23(29)27-21-9-8-18(26)12-20(21)25(31)32/h3-12H,13-14H2,1-2H3,(H,27,29)(H,28,30)(H,31,32). The van der Waals surface area contributed by atoms with E-state index in [1.165, 1.54) is 18.2 Å². The summed E-state index contributed by atoms with van der Waals surface area (Å²) in [4.78, 5) is 35.8. The molecule has 9 heteroatoms. The van der Waals surface area contributed by atoms with Crippen molar-refractivity contribution < 1.29 is 29.0 Å². The molecule has 0 aliphatic carbocycles. The van der Waals surface area contributed by atoms with E-state index in [0.717, 1.165) is 22.4 Å². The molecule has 0 aliphatic rings. The highest BCUT2D eigenvalue weighted by Crippen LogP contribution is 2.28. The molecule has 3 N–H and O–H groups in total. The number of carbonyl (C=O) groups excluding carboxylic acids is 2. The van der Waals surface area contributed by atoms with Gasteiger partial charge in [-0.15, -0.1) is 0 Å². The van der Waals surface area contributed by atoms with Gasteiger partial charge in [-0.05, 0) is 60.0 Å². The van der Waals surface area contributed by atoms with E-state index < -0.39 is 24.4 Å². The third kappa shape index (κ3) is 6.57. The van der Waals surface area contributed by atoms with Gasteiger partial charge in [-0.2, -0.15) is 0 Å². The molecule has 8 nitrogen and oxygen atoms in total. The van der Waals surface area contributed by atoms with Crippen molar-refractivity contribution in [1.82, 2.24) is 0 Å². The molecule has 3 rings (SSSR count). The number of halogens is 1. The second-order valence-electron chi connectivity index (χ2n) is 7.35. The summed E-state index contributed by atoms with van der Waals surface area (Å²) in [5.74, 6) is -1.54. The number of carbonyl (C=O) groups is 3. The zero-order valence-electron chi connectivity index (χ0n) is 18.6. The third-order valence-corrected chi connectivity index (χ3v) is 5.10. The SMILES string of the molecule is COc1cccc(-c2ccc(C)c(NC(=O)COCC(=O)Nc3ccc(Cl)cc3C(=O)O)c2)c1. The minimum absolute atomic E-state index is 0.0833. The van der Waals surface area contributed by atoms with Crippen LogP contribution >= 0.6 is 11.6 Å². The monoisotopic (exact) mass is 482 g/mol. The second kappa shape index (κ2) is 11.3. The Kier molecular flexibility index (Phi) is 8.24. The molecule has 0 radical (unpaired) electrons. The molecule has 3 aromatic carbocycles. The molecule has 0 spiro atoms. The maximum atomic E-state index is 12.4. The number of carboxylic acids is 1. The Bertz CT molecular complexity index is 1230. The fraction of sp³-hybridized carbons (Fsp3) is 0.160. The number of hydrogen-bond acceptors (Lipinski definition) is 5. The molecule has 0 saturated heterocycles. The van der Waals surface area contributed by atoms with Gasteiger partial charge in [0.05, 0.1) is 18.4 Å². The molecular formula is C25H23ClN2O6. The predicted molar refractivity (Wildman–Crippen MR) is 130 cm³/mol. The molecule has 0 heterocycles. The molecule has 0 aromatic heterocycles. The Morgan fingerprint density at radius 1 is 0.882 bits per heavy atom. The van der Waals surface area contributed by atoms with E-state index >= 15 is 0 Å². The fourth-order valence-electron chi connectivity index (χ4n) is 3.15. The first-order valence-electron chi connectivity index (χ1n) is 10.2. The summed E-state index contributed by atoms with van der Waals surface area (Å²) in [6, 6.07) is 17.3. The number of benzene rings is 3. The zero-order chi connectivity index (χ0) is 24.7. The van der Waals surface area contributed by atoms with E-state index in [-0.39, 0.29) is 22.9 Å². The second-order valence-corrected chi connectivity index (χ2v) is 7.78. The first kappa shape index (κ1) is 24.8. The number of ether oxygens (including phenoxy) is 2. The summed E-state index contributed by atoms with van der Waals surface area (Å²) in [6.07, 6.45) is 0. The summed E-state index contributed by atoms with van der Waals surface area (Å²) in [5, 5.41) is 14.7. The lowest BCUT2D eigenvalue weighted by Crippen LogP contribution is -2.24. The number of amides is 2. The minimum atomic E-state index is -1.23. The summed E-state index contributed by atoms with van der Waals surface area (Å²) in [6.45, 7) is 1.08. The zero-order valence-corrected chi connectivity index (χ0v) is 19.3. The smallest absolute Gasteiger partial charge is 0.337 e. The van der Waals surface area contributed by atoms with Crippen LogP contribution in [0.4, 0.5) is 11.4 Å². The average molecular weight is 483 g/mol. The molecule has 0 atom stereocenters. The maximum Gasteiger partial charge on any atom is 0.337 e. The number of rotatable bonds is 9. The molecular weight excluding hydrogens is 460 g/mol. The first-order valence-corrected chi connectivity index (χ1v) is 10.6. The van der Waals surface area contributed by atoms with Crippen molar-refractivity contribution in [2.24, 2.45) is 0 Å². The van der Waals surface area contributed by atoms with Crippen LogP contribution in [0.1, 0.15) is 15.9 Å². The average Bonchev–Trinajstić information content (AvgIpc) is 2.81. The number of aromatic carboxylic acids is 1. The van der Waals surface area contributed by atoms with Crippen LogP contribution in [0.2, 0.25) is 5.02 Å². The van der Waals surface area contributed by atoms with Gasteiger partial charge in [0.25, 0.3) is 0 Å². The highest BCUT2D eigenvalue weighted by molar-refractivity contribution is 6.31. The van der Waals surface area contributed by atoms with Crippen LogP contribution in [-0.4, -0.2) is 43.2 Å². The van der Waals surface area contributed by atoms with Gasteiger partial charge in [0.2, 0.25) is 11.8 Å². The summed E-state index contributed by atoms with van der Waals surface area (Å²) in [5.41, 5.74) is 3.25. The van der Waals surface area contributed by atoms with Crippen molar-refractivity contribution in [2.45, 2.75) is 6.92 Å². The summed E-state index contributed by atoms with van der Waals surface area (Å²) in [7, 11) is 1.60. The van der Waals surface area contributed by atoms with Crippen molar-refractivity contribution in [2.75, 3.05) is 31.0 Å². The molecule has 0 aliphatic heterocycles. The van der Waals surface area contributed by atoms with Crippen LogP contribution in [0.3, 0.4) is 0 Å². The van der Waals surface area contributed by atoms with Crippen LogP contribution < -0.4 is 15.4 Å². The van der Waals surface area contributed by atoms with Crippen LogP contribution in [-0.2, 0) is 14.3 Å². The molecule has 0 unspecified atom stereocenters. The molecule has 176 valence electrons. The lowest BCUT2D eigenvalue weighted by atomic mass is 10.0. The number of aryl methyl sites for hydroxylation is 1. The van der Waals surface area contributed by atoms with Crippen LogP contribution in [0, 0.1) is 6.92 Å². The van der Waals surface area contributed by atoms with Crippen molar-refractivity contribution in [3.63, 3.8) is 0 Å². The Hall–Kier alpha value is -3.88. The number of hydrogen-bond donors (Lipinski definition) is 3. The van der Waals surface area contributed by atoms with E-state index in [2.05, 4.69) is 10.6 Å². The van der Waals surface area contributed by atoms with Gasteiger partial charge in [-0.1, -0.05) is 35.9 Å². The highest BCUT2D eigenvalue weighted by Gasteiger charge is 2.14. The van der Waals surface area contributed by atoms with Crippen LogP contribution in [0.15, 0.2) is 60.7 Å². The van der Waals surface area contributed by atoms with Crippen LogP contribution in [0.5, 0.6) is 5.75 Å². The van der Waals surface area contributed by atoms with Gasteiger partial charge >= 0.3 is 5.97 Å². The summed E-state index contributed by atoms with van der Waals surface area (Å²) >= 11 is 5.80. The van der Waals surface area contributed by atoms with Crippen LogP contribution in [0.25, 0.3) is 11.1 Å². The Morgan fingerprint density at radius 2 is 1.56 bits per heavy atom. The van der Waals surface area contributed by atoms with Crippen molar-refractivity contribution in [3.05, 3.63) is 76.8 Å². The number of carboxylic acid groups (broad SMARTS) is 1. The van der Waals surface area contributed by atoms with Gasteiger partial charge in [-0.25, -0.2) is 4.79 Å². The molecule has 0 bridgehead atoms. The number of nitrogens with one attached hydrogen (secondary N) is 2. The lowest BCUT2D eigenvalue weighted by molar-refractivity contribution is -0.125. The minimum Gasteiger partial charge on any atom is -0.497 e. The lowest BCUT2D eigenvalue weighted by Gasteiger charge is -2.12. The Labute approximate surface area is 201 Å².